The van der Waals surface area contributed by atoms with E-state index in [1.807, 2.05) is 11.8 Å². The molecule has 0 aromatic carbocycles. The van der Waals surface area contributed by atoms with Crippen LogP contribution in [0.25, 0.3) is 11.3 Å². The van der Waals surface area contributed by atoms with Crippen molar-refractivity contribution in [2.24, 2.45) is 0 Å². The number of nitrogens with two attached hydrogens (primary N) is 1. The molecule has 0 unspecified atom stereocenters. The van der Waals surface area contributed by atoms with E-state index in [1.165, 1.54) is 12.5 Å². The Morgan fingerprint density at radius 1 is 1.32 bits per heavy atom. The quantitative estimate of drug-likeness (QED) is 0.812. The van der Waals surface area contributed by atoms with Gasteiger partial charge in [-0.25, -0.2) is 27.8 Å². The van der Waals surface area contributed by atoms with Gasteiger partial charge >= 0.3 is 0 Å². The summed E-state index contributed by atoms with van der Waals surface area (Å²) in [6.07, 6.45) is 3.50. The number of morpholine rings is 1. The third-order valence-electron chi connectivity index (χ3n) is 5.37. The molecule has 3 heterocycles. The normalized spacial score (nSPS) is 21.5. The van der Waals surface area contributed by atoms with Crippen LogP contribution in [-0.2, 0) is 19.3 Å². The summed E-state index contributed by atoms with van der Waals surface area (Å²) < 4.78 is 43.8. The van der Waals surface area contributed by atoms with E-state index in [4.69, 9.17) is 10.5 Å². The van der Waals surface area contributed by atoms with Crippen LogP contribution in [0.15, 0.2) is 18.3 Å². The van der Waals surface area contributed by atoms with Gasteiger partial charge in [-0.2, -0.15) is 0 Å². The van der Waals surface area contributed by atoms with Crippen molar-refractivity contribution in [3.63, 3.8) is 0 Å². The molecular weight excluding hydrogens is 385 g/mol. The standard InChI is InChI=1S/C18H22FN5O3S/c1-11-10-27-6-5-24(11)17-22-14(12-9-21-16(20)7-13(12)19)8-15(23-17)18(3-4-18)28(2,25)26/h7-9,11H,3-6,10H2,1-2H3,(H2,20,21)/t11-/m0/s1. The molecule has 2 aromatic rings. The molecule has 2 N–H and O–H groups in total. The number of sulfone groups is 1. The highest BCUT2D eigenvalue weighted by Gasteiger charge is 2.55. The lowest BCUT2D eigenvalue weighted by atomic mass is 10.1. The molecule has 1 saturated carbocycles. The summed E-state index contributed by atoms with van der Waals surface area (Å²) in [6, 6.07) is 2.69. The van der Waals surface area contributed by atoms with E-state index in [9.17, 15) is 12.8 Å². The summed E-state index contributed by atoms with van der Waals surface area (Å²) in [6.45, 7) is 3.57. The zero-order valence-corrected chi connectivity index (χ0v) is 16.5. The van der Waals surface area contributed by atoms with Crippen LogP contribution in [0.4, 0.5) is 16.2 Å². The molecule has 1 aliphatic heterocycles. The van der Waals surface area contributed by atoms with Gasteiger partial charge in [0.1, 0.15) is 16.4 Å². The van der Waals surface area contributed by atoms with Crippen molar-refractivity contribution in [1.29, 1.82) is 0 Å². The Morgan fingerprint density at radius 2 is 2.07 bits per heavy atom. The number of pyridine rings is 1. The minimum Gasteiger partial charge on any atom is -0.384 e. The highest BCUT2D eigenvalue weighted by Crippen LogP contribution is 2.52. The van der Waals surface area contributed by atoms with Crippen LogP contribution >= 0.6 is 0 Å². The van der Waals surface area contributed by atoms with Gasteiger partial charge in [0.05, 0.1) is 36.2 Å². The molecule has 2 aliphatic rings. The molecule has 2 fully saturated rings. The number of hydrogen-bond acceptors (Lipinski definition) is 8. The fourth-order valence-electron chi connectivity index (χ4n) is 3.52. The average Bonchev–Trinajstić information content (AvgIpc) is 3.43. The van der Waals surface area contributed by atoms with E-state index in [0.717, 1.165) is 6.07 Å². The van der Waals surface area contributed by atoms with Gasteiger partial charge in [-0.1, -0.05) is 0 Å². The maximum Gasteiger partial charge on any atom is 0.226 e. The van der Waals surface area contributed by atoms with E-state index in [1.54, 1.807) is 6.07 Å². The van der Waals surface area contributed by atoms with Crippen molar-refractivity contribution in [1.82, 2.24) is 15.0 Å². The van der Waals surface area contributed by atoms with Gasteiger partial charge < -0.3 is 15.4 Å². The highest BCUT2D eigenvalue weighted by molar-refractivity contribution is 7.91. The fourth-order valence-corrected chi connectivity index (χ4v) is 4.85. The lowest BCUT2D eigenvalue weighted by Gasteiger charge is -2.34. The SMILES string of the molecule is C[C@H]1COCCN1c1nc(-c2cnc(N)cc2F)cc(C2(S(C)(=O)=O)CC2)n1. The topological polar surface area (TPSA) is 111 Å². The molecule has 4 rings (SSSR count). The largest absolute Gasteiger partial charge is 0.384 e. The number of rotatable bonds is 4. The monoisotopic (exact) mass is 407 g/mol. The molecule has 10 heteroatoms. The Balaban J connectivity index is 1.89. The van der Waals surface area contributed by atoms with Crippen LogP contribution in [0.3, 0.4) is 0 Å². The second-order valence-electron chi connectivity index (χ2n) is 7.41. The molecule has 0 radical (unpaired) electrons. The second-order valence-corrected chi connectivity index (χ2v) is 9.74. The van der Waals surface area contributed by atoms with Crippen molar-refractivity contribution in [3.05, 3.63) is 29.8 Å². The molecule has 0 amide bonds. The molecule has 2 aromatic heterocycles. The van der Waals surface area contributed by atoms with Gasteiger partial charge in [0.25, 0.3) is 0 Å². The Morgan fingerprint density at radius 3 is 2.68 bits per heavy atom. The number of ether oxygens (including phenoxy) is 1. The molecule has 0 bridgehead atoms. The van der Waals surface area contributed by atoms with Crippen molar-refractivity contribution >= 4 is 21.6 Å². The summed E-state index contributed by atoms with van der Waals surface area (Å²) >= 11 is 0. The first-order valence-electron chi connectivity index (χ1n) is 9.06. The molecule has 0 spiro atoms. The zero-order valence-electron chi connectivity index (χ0n) is 15.7. The first kappa shape index (κ1) is 19.0. The number of halogens is 1. The third kappa shape index (κ3) is 3.20. The van der Waals surface area contributed by atoms with Crippen LogP contribution in [0, 0.1) is 5.82 Å². The number of nitrogen functional groups attached to an aromatic ring is 1. The third-order valence-corrected chi connectivity index (χ3v) is 7.41. The number of aromatic nitrogens is 3. The Bertz CT molecular complexity index is 1030. The summed E-state index contributed by atoms with van der Waals surface area (Å²) in [5.74, 6) is -0.135. The van der Waals surface area contributed by atoms with Gasteiger partial charge in [0, 0.05) is 25.1 Å². The summed E-state index contributed by atoms with van der Waals surface area (Å²) in [7, 11) is -3.38. The number of anilines is 2. The van der Waals surface area contributed by atoms with Crippen LogP contribution in [0.2, 0.25) is 0 Å². The van der Waals surface area contributed by atoms with E-state index < -0.39 is 20.4 Å². The minimum atomic E-state index is -3.38. The van der Waals surface area contributed by atoms with Gasteiger partial charge in [-0.05, 0) is 25.8 Å². The van der Waals surface area contributed by atoms with Crippen molar-refractivity contribution < 1.29 is 17.5 Å². The zero-order chi connectivity index (χ0) is 20.1. The lowest BCUT2D eigenvalue weighted by molar-refractivity contribution is 0.0980. The van der Waals surface area contributed by atoms with Crippen LogP contribution in [-0.4, -0.2) is 55.4 Å². The molecule has 1 saturated heterocycles. The van der Waals surface area contributed by atoms with E-state index in [2.05, 4.69) is 15.0 Å². The Hall–Kier alpha value is -2.33. The van der Waals surface area contributed by atoms with Crippen LogP contribution in [0.1, 0.15) is 25.5 Å². The van der Waals surface area contributed by atoms with Gasteiger partial charge in [0.2, 0.25) is 5.95 Å². The van der Waals surface area contributed by atoms with Crippen molar-refractivity contribution in [3.8, 4) is 11.3 Å². The van der Waals surface area contributed by atoms with Crippen molar-refractivity contribution in [2.45, 2.75) is 30.6 Å². The fraction of sp³-hybridized carbons (Fsp3) is 0.500. The van der Waals surface area contributed by atoms with E-state index >= 15 is 0 Å². The van der Waals surface area contributed by atoms with Crippen LogP contribution < -0.4 is 10.6 Å². The summed E-state index contributed by atoms with van der Waals surface area (Å²) in [5.41, 5.74) is 6.39. The van der Waals surface area contributed by atoms with Gasteiger partial charge in [-0.3, -0.25) is 0 Å². The molecule has 8 nitrogen and oxygen atoms in total. The van der Waals surface area contributed by atoms with Gasteiger partial charge in [0.15, 0.2) is 9.84 Å². The second kappa shape index (κ2) is 6.63. The lowest BCUT2D eigenvalue weighted by Crippen LogP contribution is -2.44. The molecule has 1 atom stereocenters. The molecule has 150 valence electrons. The predicted molar refractivity (Wildman–Crippen MR) is 103 cm³/mol. The predicted octanol–water partition coefficient (Wildman–Crippen LogP) is 1.52. The first-order chi connectivity index (χ1) is 13.2. The maximum absolute atomic E-state index is 14.5. The van der Waals surface area contributed by atoms with E-state index in [-0.39, 0.29) is 17.4 Å². The molecule has 28 heavy (non-hydrogen) atoms. The van der Waals surface area contributed by atoms with Gasteiger partial charge in [-0.15, -0.1) is 0 Å². The first-order valence-corrected chi connectivity index (χ1v) is 11.0. The summed E-state index contributed by atoms with van der Waals surface area (Å²) in [4.78, 5) is 15.0. The van der Waals surface area contributed by atoms with E-state index in [0.29, 0.717) is 49.9 Å². The Labute approximate surface area is 162 Å². The number of hydrogen-bond donors (Lipinski definition) is 1. The Kier molecular flexibility index (Phi) is 4.50. The smallest absolute Gasteiger partial charge is 0.226 e. The number of nitrogens with zero attached hydrogens (tertiary/aromatic N) is 4. The van der Waals surface area contributed by atoms with Crippen LogP contribution in [0.5, 0.6) is 0 Å². The summed E-state index contributed by atoms with van der Waals surface area (Å²) in [5, 5.41) is 0. The van der Waals surface area contributed by atoms with Crippen molar-refractivity contribution in [2.75, 3.05) is 36.6 Å². The molecule has 1 aliphatic carbocycles. The maximum atomic E-state index is 14.5. The average molecular weight is 407 g/mol. The highest BCUT2D eigenvalue weighted by atomic mass is 32.2. The molecular formula is C18H22FN5O3S. The minimum absolute atomic E-state index is 0.0135.